The van der Waals surface area contributed by atoms with Gasteiger partial charge in [-0.2, -0.15) is 11.8 Å². The van der Waals surface area contributed by atoms with E-state index >= 15 is 0 Å². The minimum absolute atomic E-state index is 0.160. The molecule has 112 valence electrons. The first-order valence-electron chi connectivity index (χ1n) is 7.35. The lowest BCUT2D eigenvalue weighted by atomic mass is 10.2. The molecule has 1 aromatic carbocycles. The highest BCUT2D eigenvalue weighted by atomic mass is 32.2. The maximum Gasteiger partial charge on any atom is 0.161 e. The molecule has 1 N–H and O–H groups in total. The molecule has 0 aromatic heterocycles. The van der Waals surface area contributed by atoms with E-state index in [4.69, 9.17) is 9.47 Å². The summed E-state index contributed by atoms with van der Waals surface area (Å²) in [4.78, 5) is 0. The molecule has 1 aliphatic heterocycles. The zero-order chi connectivity index (χ0) is 14.4. The molecule has 1 atom stereocenters. The van der Waals surface area contributed by atoms with Crippen LogP contribution in [0.5, 0.6) is 11.5 Å². The SMILES string of the molecule is COc1cc(CNCC2CCCS2)ccc1OC(C)C. The van der Waals surface area contributed by atoms with E-state index in [1.54, 1.807) is 7.11 Å². The topological polar surface area (TPSA) is 30.5 Å². The van der Waals surface area contributed by atoms with Crippen molar-refractivity contribution in [3.05, 3.63) is 23.8 Å². The Morgan fingerprint density at radius 3 is 2.85 bits per heavy atom. The third kappa shape index (κ3) is 4.60. The van der Waals surface area contributed by atoms with Gasteiger partial charge in [-0.15, -0.1) is 0 Å². The molecule has 0 amide bonds. The van der Waals surface area contributed by atoms with Crippen molar-refractivity contribution >= 4 is 11.8 Å². The van der Waals surface area contributed by atoms with Crippen LogP contribution >= 0.6 is 11.8 Å². The molecular formula is C16H25NO2S. The number of methoxy groups -OCH3 is 1. The molecule has 0 spiro atoms. The van der Waals surface area contributed by atoms with E-state index in [0.717, 1.165) is 29.8 Å². The van der Waals surface area contributed by atoms with Crippen LogP contribution in [0.4, 0.5) is 0 Å². The van der Waals surface area contributed by atoms with Crippen LogP contribution in [0.2, 0.25) is 0 Å². The molecule has 1 aliphatic rings. The quantitative estimate of drug-likeness (QED) is 0.834. The number of hydrogen-bond acceptors (Lipinski definition) is 4. The second-order valence-corrected chi connectivity index (χ2v) is 6.83. The van der Waals surface area contributed by atoms with Crippen LogP contribution < -0.4 is 14.8 Å². The Balaban J connectivity index is 1.87. The van der Waals surface area contributed by atoms with Crippen molar-refractivity contribution in [3.8, 4) is 11.5 Å². The second kappa shape index (κ2) is 7.79. The van der Waals surface area contributed by atoms with Gasteiger partial charge in [0.15, 0.2) is 11.5 Å². The fourth-order valence-electron chi connectivity index (χ4n) is 2.36. The van der Waals surface area contributed by atoms with Crippen molar-refractivity contribution < 1.29 is 9.47 Å². The predicted molar refractivity (Wildman–Crippen MR) is 85.9 cm³/mol. The Hall–Kier alpha value is -0.870. The van der Waals surface area contributed by atoms with E-state index in [0.29, 0.717) is 0 Å². The van der Waals surface area contributed by atoms with Gasteiger partial charge in [0.25, 0.3) is 0 Å². The lowest BCUT2D eigenvalue weighted by molar-refractivity contribution is 0.230. The fourth-order valence-corrected chi connectivity index (χ4v) is 3.59. The third-order valence-electron chi connectivity index (χ3n) is 3.32. The minimum atomic E-state index is 0.160. The number of hydrogen-bond donors (Lipinski definition) is 1. The maximum absolute atomic E-state index is 5.73. The smallest absolute Gasteiger partial charge is 0.161 e. The summed E-state index contributed by atoms with van der Waals surface area (Å²) in [5.41, 5.74) is 1.24. The Morgan fingerprint density at radius 1 is 1.35 bits per heavy atom. The predicted octanol–water partition coefficient (Wildman–Crippen LogP) is 3.47. The van der Waals surface area contributed by atoms with Crippen LogP contribution in [0.25, 0.3) is 0 Å². The van der Waals surface area contributed by atoms with E-state index in [2.05, 4.69) is 29.2 Å². The highest BCUT2D eigenvalue weighted by Crippen LogP contribution is 2.29. The van der Waals surface area contributed by atoms with Gasteiger partial charge in [0, 0.05) is 18.3 Å². The first-order valence-corrected chi connectivity index (χ1v) is 8.40. The van der Waals surface area contributed by atoms with Gasteiger partial charge in [0.05, 0.1) is 13.2 Å². The molecule has 3 nitrogen and oxygen atoms in total. The Morgan fingerprint density at radius 2 is 2.20 bits per heavy atom. The highest BCUT2D eigenvalue weighted by molar-refractivity contribution is 8.00. The molecule has 4 heteroatoms. The van der Waals surface area contributed by atoms with Crippen LogP contribution in [0.1, 0.15) is 32.3 Å². The zero-order valence-electron chi connectivity index (χ0n) is 12.6. The highest BCUT2D eigenvalue weighted by Gasteiger charge is 2.14. The lowest BCUT2D eigenvalue weighted by Crippen LogP contribution is -2.22. The zero-order valence-corrected chi connectivity index (χ0v) is 13.5. The molecule has 0 aliphatic carbocycles. The molecule has 1 fully saturated rings. The minimum Gasteiger partial charge on any atom is -0.493 e. The fraction of sp³-hybridized carbons (Fsp3) is 0.625. The monoisotopic (exact) mass is 295 g/mol. The standard InChI is InChI=1S/C16H25NO2S/c1-12(2)19-15-7-6-13(9-16(15)18-3)10-17-11-14-5-4-8-20-14/h6-7,9,12,14,17H,4-5,8,10-11H2,1-3H3. The summed E-state index contributed by atoms with van der Waals surface area (Å²) in [5.74, 6) is 2.95. The summed E-state index contributed by atoms with van der Waals surface area (Å²) in [6, 6.07) is 6.17. The van der Waals surface area contributed by atoms with Gasteiger partial charge in [-0.1, -0.05) is 6.07 Å². The first-order chi connectivity index (χ1) is 9.69. The van der Waals surface area contributed by atoms with Gasteiger partial charge in [0.2, 0.25) is 0 Å². The number of thioether (sulfide) groups is 1. The second-order valence-electron chi connectivity index (χ2n) is 5.42. The largest absolute Gasteiger partial charge is 0.493 e. The molecule has 0 saturated carbocycles. The van der Waals surface area contributed by atoms with Crippen molar-refractivity contribution in [2.24, 2.45) is 0 Å². The van der Waals surface area contributed by atoms with Gasteiger partial charge in [0.1, 0.15) is 0 Å². The van der Waals surface area contributed by atoms with Crippen molar-refractivity contribution in [2.45, 2.75) is 44.6 Å². The summed E-state index contributed by atoms with van der Waals surface area (Å²) in [5, 5.41) is 4.33. The Kier molecular flexibility index (Phi) is 6.05. The van der Waals surface area contributed by atoms with E-state index in [1.165, 1.54) is 24.2 Å². The van der Waals surface area contributed by atoms with Crippen molar-refractivity contribution in [2.75, 3.05) is 19.4 Å². The number of ether oxygens (including phenoxy) is 2. The summed E-state index contributed by atoms with van der Waals surface area (Å²) >= 11 is 2.09. The van der Waals surface area contributed by atoms with E-state index in [1.807, 2.05) is 19.9 Å². The number of nitrogens with one attached hydrogen (secondary N) is 1. The molecule has 1 aromatic rings. The number of benzene rings is 1. The maximum atomic E-state index is 5.73. The molecule has 1 heterocycles. The number of rotatable bonds is 7. The molecule has 0 radical (unpaired) electrons. The van der Waals surface area contributed by atoms with Crippen molar-refractivity contribution in [3.63, 3.8) is 0 Å². The molecule has 20 heavy (non-hydrogen) atoms. The molecule has 1 unspecified atom stereocenters. The van der Waals surface area contributed by atoms with E-state index in [-0.39, 0.29) is 6.10 Å². The summed E-state index contributed by atoms with van der Waals surface area (Å²) < 4.78 is 11.1. The summed E-state index contributed by atoms with van der Waals surface area (Å²) in [7, 11) is 1.69. The third-order valence-corrected chi connectivity index (χ3v) is 4.71. The van der Waals surface area contributed by atoms with Crippen molar-refractivity contribution in [1.82, 2.24) is 5.32 Å². The molecule has 1 saturated heterocycles. The van der Waals surface area contributed by atoms with Gasteiger partial charge in [-0.25, -0.2) is 0 Å². The van der Waals surface area contributed by atoms with Crippen LogP contribution in [0.3, 0.4) is 0 Å². The van der Waals surface area contributed by atoms with Crippen LogP contribution in [0, 0.1) is 0 Å². The normalized spacial score (nSPS) is 18.5. The molecular weight excluding hydrogens is 270 g/mol. The lowest BCUT2D eigenvalue weighted by Gasteiger charge is -2.15. The van der Waals surface area contributed by atoms with Gasteiger partial charge >= 0.3 is 0 Å². The Bertz CT molecular complexity index is 417. The van der Waals surface area contributed by atoms with Crippen molar-refractivity contribution in [1.29, 1.82) is 0 Å². The summed E-state index contributed by atoms with van der Waals surface area (Å²) in [6.45, 7) is 6.02. The van der Waals surface area contributed by atoms with Gasteiger partial charge < -0.3 is 14.8 Å². The molecule has 2 rings (SSSR count). The van der Waals surface area contributed by atoms with E-state index < -0.39 is 0 Å². The van der Waals surface area contributed by atoms with Crippen LogP contribution in [0.15, 0.2) is 18.2 Å². The Labute approximate surface area is 126 Å². The summed E-state index contributed by atoms with van der Waals surface area (Å²) in [6.07, 6.45) is 2.88. The van der Waals surface area contributed by atoms with E-state index in [9.17, 15) is 0 Å². The first kappa shape index (κ1) is 15.5. The molecule has 0 bridgehead atoms. The average Bonchev–Trinajstić information content (AvgIpc) is 2.93. The van der Waals surface area contributed by atoms with Gasteiger partial charge in [-0.3, -0.25) is 0 Å². The average molecular weight is 295 g/mol. The van der Waals surface area contributed by atoms with Gasteiger partial charge in [-0.05, 0) is 50.1 Å². The van der Waals surface area contributed by atoms with Crippen LogP contribution in [-0.2, 0) is 6.54 Å². The van der Waals surface area contributed by atoms with Crippen LogP contribution in [-0.4, -0.2) is 30.8 Å².